The van der Waals surface area contributed by atoms with Crippen LogP contribution in [0.25, 0.3) is 11.0 Å². The van der Waals surface area contributed by atoms with Crippen LogP contribution in [0.2, 0.25) is 0 Å². The number of hydrogen-bond acceptors (Lipinski definition) is 3. The van der Waals surface area contributed by atoms with Crippen LogP contribution in [-0.4, -0.2) is 27.8 Å². The highest BCUT2D eigenvalue weighted by molar-refractivity contribution is 6.42. The first kappa shape index (κ1) is 15.9. The summed E-state index contributed by atoms with van der Waals surface area (Å²) in [6, 6.07) is 14.8. The van der Waals surface area contributed by atoms with Gasteiger partial charge in [0, 0.05) is 18.7 Å². The molecule has 1 N–H and O–H groups in total. The maximum Gasteiger partial charge on any atom is 0.292 e. The minimum Gasteiger partial charge on any atom is -0.347 e. The summed E-state index contributed by atoms with van der Waals surface area (Å²) in [5, 5.41) is 2.69. The standard InChI is InChI=1S/C19H19N3O2/c1-13-7-9-15(10-8-13)18(23)19(24)20-11-12-22-14(2)21-16-5-3-4-6-17(16)22/h3-10H,11-12H2,1-2H3,(H,20,24). The fourth-order valence-electron chi connectivity index (χ4n) is 2.68. The first-order valence-electron chi connectivity index (χ1n) is 7.87. The Balaban J connectivity index is 1.63. The van der Waals surface area contributed by atoms with Crippen molar-refractivity contribution in [3.05, 3.63) is 65.5 Å². The third-order valence-corrected chi connectivity index (χ3v) is 3.99. The number of para-hydroxylation sites is 2. The van der Waals surface area contributed by atoms with Crippen molar-refractivity contribution in [1.29, 1.82) is 0 Å². The average molecular weight is 321 g/mol. The molecule has 24 heavy (non-hydrogen) atoms. The van der Waals surface area contributed by atoms with E-state index in [2.05, 4.69) is 10.3 Å². The highest BCUT2D eigenvalue weighted by Crippen LogP contribution is 2.14. The summed E-state index contributed by atoms with van der Waals surface area (Å²) in [7, 11) is 0. The second-order valence-electron chi connectivity index (χ2n) is 5.75. The van der Waals surface area contributed by atoms with Gasteiger partial charge in [0.05, 0.1) is 11.0 Å². The van der Waals surface area contributed by atoms with Crippen molar-refractivity contribution in [1.82, 2.24) is 14.9 Å². The molecule has 3 aromatic rings. The normalized spacial score (nSPS) is 10.8. The molecule has 0 radical (unpaired) electrons. The summed E-state index contributed by atoms with van der Waals surface area (Å²) in [5.74, 6) is -0.210. The molecule has 0 spiro atoms. The van der Waals surface area contributed by atoms with Crippen molar-refractivity contribution >= 4 is 22.7 Å². The lowest BCUT2D eigenvalue weighted by molar-refractivity contribution is -0.117. The van der Waals surface area contributed by atoms with Crippen molar-refractivity contribution < 1.29 is 9.59 Å². The van der Waals surface area contributed by atoms with Crippen LogP contribution in [0.3, 0.4) is 0 Å². The Labute approximate surface area is 140 Å². The number of aromatic nitrogens is 2. The van der Waals surface area contributed by atoms with Gasteiger partial charge in [-0.25, -0.2) is 4.98 Å². The highest BCUT2D eigenvalue weighted by atomic mass is 16.2. The van der Waals surface area contributed by atoms with Crippen molar-refractivity contribution in [3.8, 4) is 0 Å². The molecule has 1 amide bonds. The zero-order chi connectivity index (χ0) is 17.1. The summed E-state index contributed by atoms with van der Waals surface area (Å²) < 4.78 is 2.03. The van der Waals surface area contributed by atoms with Crippen LogP contribution >= 0.6 is 0 Å². The average Bonchev–Trinajstić information content (AvgIpc) is 2.90. The van der Waals surface area contributed by atoms with E-state index >= 15 is 0 Å². The Morgan fingerprint density at radius 3 is 2.50 bits per heavy atom. The van der Waals surface area contributed by atoms with Gasteiger partial charge in [-0.05, 0) is 26.0 Å². The van der Waals surface area contributed by atoms with E-state index in [1.54, 1.807) is 12.1 Å². The number of rotatable bonds is 5. The van der Waals surface area contributed by atoms with Gasteiger partial charge in [0.1, 0.15) is 5.82 Å². The number of carbonyl (C=O) groups excluding carboxylic acids is 2. The summed E-state index contributed by atoms with van der Waals surface area (Å²) in [4.78, 5) is 28.6. The number of aryl methyl sites for hydroxylation is 2. The lowest BCUT2D eigenvalue weighted by Crippen LogP contribution is -2.33. The molecule has 0 unspecified atom stereocenters. The number of imidazole rings is 1. The number of nitrogens with one attached hydrogen (secondary N) is 1. The summed E-state index contributed by atoms with van der Waals surface area (Å²) in [6.07, 6.45) is 0. The molecule has 3 rings (SSSR count). The number of nitrogens with zero attached hydrogens (tertiary/aromatic N) is 2. The molecule has 0 aliphatic heterocycles. The van der Waals surface area contributed by atoms with Crippen molar-refractivity contribution in [3.63, 3.8) is 0 Å². The van der Waals surface area contributed by atoms with E-state index < -0.39 is 11.7 Å². The Morgan fingerprint density at radius 2 is 1.75 bits per heavy atom. The Bertz CT molecular complexity index is 895. The molecule has 1 aromatic heterocycles. The van der Waals surface area contributed by atoms with Gasteiger partial charge in [0.25, 0.3) is 5.91 Å². The second-order valence-corrected chi connectivity index (χ2v) is 5.75. The molecule has 1 heterocycles. The smallest absolute Gasteiger partial charge is 0.292 e. The molecule has 0 saturated heterocycles. The zero-order valence-electron chi connectivity index (χ0n) is 13.7. The molecule has 2 aromatic carbocycles. The van der Waals surface area contributed by atoms with Gasteiger partial charge < -0.3 is 9.88 Å². The van der Waals surface area contributed by atoms with Crippen LogP contribution in [0.1, 0.15) is 21.7 Å². The highest BCUT2D eigenvalue weighted by Gasteiger charge is 2.15. The molecule has 5 heteroatoms. The molecule has 0 fully saturated rings. The minimum absolute atomic E-state index is 0.373. The van der Waals surface area contributed by atoms with Crippen LogP contribution in [0.15, 0.2) is 48.5 Å². The molecule has 5 nitrogen and oxygen atoms in total. The molecule has 0 aliphatic carbocycles. The fraction of sp³-hybridized carbons (Fsp3) is 0.211. The predicted molar refractivity (Wildman–Crippen MR) is 93.0 cm³/mol. The Morgan fingerprint density at radius 1 is 1.04 bits per heavy atom. The molecular weight excluding hydrogens is 302 g/mol. The van der Waals surface area contributed by atoms with E-state index in [4.69, 9.17) is 0 Å². The number of carbonyl (C=O) groups is 2. The SMILES string of the molecule is Cc1ccc(C(=O)C(=O)NCCn2c(C)nc3ccccc32)cc1. The summed E-state index contributed by atoms with van der Waals surface area (Å²) in [6.45, 7) is 4.81. The number of hydrogen-bond donors (Lipinski definition) is 1. The first-order valence-corrected chi connectivity index (χ1v) is 7.87. The van der Waals surface area contributed by atoms with E-state index in [9.17, 15) is 9.59 Å². The van der Waals surface area contributed by atoms with Gasteiger partial charge in [-0.3, -0.25) is 9.59 Å². The van der Waals surface area contributed by atoms with Crippen molar-refractivity contribution in [2.75, 3.05) is 6.54 Å². The Hall–Kier alpha value is -2.95. The lowest BCUT2D eigenvalue weighted by Gasteiger charge is -2.08. The van der Waals surface area contributed by atoms with E-state index in [1.165, 1.54) is 0 Å². The van der Waals surface area contributed by atoms with Gasteiger partial charge in [0.15, 0.2) is 0 Å². The molecule has 0 aliphatic rings. The molecular formula is C19H19N3O2. The first-order chi connectivity index (χ1) is 11.6. The van der Waals surface area contributed by atoms with E-state index in [0.717, 1.165) is 22.4 Å². The number of amides is 1. The number of fused-ring (bicyclic) bond motifs is 1. The van der Waals surface area contributed by atoms with Gasteiger partial charge >= 0.3 is 0 Å². The number of Topliss-reactive ketones (excluding diaryl/α,β-unsaturated/α-hetero) is 1. The van der Waals surface area contributed by atoms with Crippen LogP contribution in [0.5, 0.6) is 0 Å². The monoisotopic (exact) mass is 321 g/mol. The zero-order valence-corrected chi connectivity index (χ0v) is 13.7. The van der Waals surface area contributed by atoms with Gasteiger partial charge in [-0.15, -0.1) is 0 Å². The van der Waals surface area contributed by atoms with Crippen LogP contribution in [0.4, 0.5) is 0 Å². The van der Waals surface area contributed by atoms with Gasteiger partial charge in [-0.2, -0.15) is 0 Å². The largest absolute Gasteiger partial charge is 0.347 e. The molecule has 0 atom stereocenters. The van der Waals surface area contributed by atoms with Crippen LogP contribution in [0, 0.1) is 13.8 Å². The minimum atomic E-state index is -0.582. The topological polar surface area (TPSA) is 64.0 Å². The lowest BCUT2D eigenvalue weighted by atomic mass is 10.1. The molecule has 0 bridgehead atoms. The van der Waals surface area contributed by atoms with Gasteiger partial charge in [-0.1, -0.05) is 42.0 Å². The second kappa shape index (κ2) is 6.66. The van der Waals surface area contributed by atoms with Crippen LogP contribution < -0.4 is 5.32 Å². The Kier molecular flexibility index (Phi) is 4.42. The fourth-order valence-corrected chi connectivity index (χ4v) is 2.68. The van der Waals surface area contributed by atoms with Crippen LogP contribution in [-0.2, 0) is 11.3 Å². The third-order valence-electron chi connectivity index (χ3n) is 3.99. The summed E-state index contributed by atoms with van der Waals surface area (Å²) in [5.41, 5.74) is 3.41. The van der Waals surface area contributed by atoms with E-state index in [0.29, 0.717) is 18.7 Å². The van der Waals surface area contributed by atoms with Gasteiger partial charge in [0.2, 0.25) is 5.78 Å². The number of ketones is 1. The van der Waals surface area contributed by atoms with Crippen molar-refractivity contribution in [2.24, 2.45) is 0 Å². The summed E-state index contributed by atoms with van der Waals surface area (Å²) >= 11 is 0. The maximum absolute atomic E-state index is 12.1. The maximum atomic E-state index is 12.1. The quantitative estimate of drug-likeness (QED) is 0.580. The molecule has 0 saturated carbocycles. The molecule has 122 valence electrons. The van der Waals surface area contributed by atoms with E-state index in [1.807, 2.05) is 54.8 Å². The van der Waals surface area contributed by atoms with E-state index in [-0.39, 0.29) is 0 Å². The predicted octanol–water partition coefficient (Wildman–Crippen LogP) is 2.65. The number of benzene rings is 2. The third kappa shape index (κ3) is 3.20. The van der Waals surface area contributed by atoms with Crippen molar-refractivity contribution in [2.45, 2.75) is 20.4 Å².